The molecule has 1 aromatic carbocycles. The third-order valence-corrected chi connectivity index (χ3v) is 3.97. The molecule has 1 fully saturated rings. The van der Waals surface area contributed by atoms with E-state index in [-0.39, 0.29) is 11.7 Å². The van der Waals surface area contributed by atoms with Crippen LogP contribution in [0.1, 0.15) is 43.0 Å². The van der Waals surface area contributed by atoms with Gasteiger partial charge >= 0.3 is 0 Å². The Morgan fingerprint density at radius 3 is 2.57 bits per heavy atom. The fourth-order valence-electron chi connectivity index (χ4n) is 2.70. The van der Waals surface area contributed by atoms with E-state index in [0.29, 0.717) is 43.7 Å². The van der Waals surface area contributed by atoms with Gasteiger partial charge in [0.25, 0.3) is 0 Å². The van der Waals surface area contributed by atoms with Crippen molar-refractivity contribution < 1.29 is 19.1 Å². The molecule has 0 aliphatic carbocycles. The van der Waals surface area contributed by atoms with Crippen LogP contribution in [0.25, 0.3) is 0 Å². The topological polar surface area (TPSA) is 89.7 Å². The number of hydrogen-bond acceptors (Lipinski definition) is 4. The van der Waals surface area contributed by atoms with Gasteiger partial charge in [0.2, 0.25) is 11.8 Å². The number of hydrogen-bond donors (Lipinski definition) is 1. The van der Waals surface area contributed by atoms with E-state index in [9.17, 15) is 14.4 Å². The first kappa shape index (κ1) is 17.0. The van der Waals surface area contributed by atoms with Crippen molar-refractivity contribution in [1.29, 1.82) is 0 Å². The zero-order valence-corrected chi connectivity index (χ0v) is 13.3. The molecule has 1 unspecified atom stereocenters. The minimum Gasteiger partial charge on any atom is -0.494 e. The van der Waals surface area contributed by atoms with Crippen LogP contribution in [0, 0.1) is 0 Å². The molecule has 1 heterocycles. The molecule has 0 bridgehead atoms. The molecule has 1 aliphatic rings. The van der Waals surface area contributed by atoms with Gasteiger partial charge in [-0.3, -0.25) is 14.4 Å². The van der Waals surface area contributed by atoms with Crippen LogP contribution in [0.5, 0.6) is 5.75 Å². The number of amides is 2. The van der Waals surface area contributed by atoms with Crippen molar-refractivity contribution in [3.8, 4) is 5.75 Å². The monoisotopic (exact) mass is 318 g/mol. The van der Waals surface area contributed by atoms with Crippen LogP contribution in [0.3, 0.4) is 0 Å². The van der Waals surface area contributed by atoms with Crippen molar-refractivity contribution in [2.45, 2.75) is 38.6 Å². The summed E-state index contributed by atoms with van der Waals surface area (Å²) in [7, 11) is 0. The Morgan fingerprint density at radius 1 is 1.26 bits per heavy atom. The lowest BCUT2D eigenvalue weighted by Gasteiger charge is -2.22. The summed E-state index contributed by atoms with van der Waals surface area (Å²) in [6.07, 6.45) is 2.36. The number of ether oxygens (including phenoxy) is 1. The van der Waals surface area contributed by atoms with Crippen molar-refractivity contribution in [2.75, 3.05) is 13.2 Å². The Hall–Kier alpha value is -2.37. The van der Waals surface area contributed by atoms with Crippen molar-refractivity contribution in [2.24, 2.45) is 5.73 Å². The first-order chi connectivity index (χ1) is 11.0. The average molecular weight is 318 g/mol. The number of carbonyl (C=O) groups excluding carboxylic acids is 3. The largest absolute Gasteiger partial charge is 0.494 e. The molecule has 1 saturated heterocycles. The van der Waals surface area contributed by atoms with Gasteiger partial charge in [-0.1, -0.05) is 0 Å². The van der Waals surface area contributed by atoms with E-state index >= 15 is 0 Å². The summed E-state index contributed by atoms with van der Waals surface area (Å²) in [5.74, 6) is 0.190. The summed E-state index contributed by atoms with van der Waals surface area (Å²) in [4.78, 5) is 36.2. The summed E-state index contributed by atoms with van der Waals surface area (Å²) in [5.41, 5.74) is 5.95. The summed E-state index contributed by atoms with van der Waals surface area (Å²) < 4.78 is 5.55. The third kappa shape index (κ3) is 4.55. The molecule has 6 heteroatoms. The van der Waals surface area contributed by atoms with Crippen molar-refractivity contribution in [3.05, 3.63) is 29.8 Å². The fraction of sp³-hybridized carbons (Fsp3) is 0.471. The minimum absolute atomic E-state index is 0.0109. The van der Waals surface area contributed by atoms with Crippen LogP contribution in [-0.4, -0.2) is 41.7 Å². The number of likely N-dealkylation sites (tertiary alicyclic amines) is 1. The van der Waals surface area contributed by atoms with Gasteiger partial charge in [-0.25, -0.2) is 0 Å². The molecule has 1 atom stereocenters. The molecule has 0 aromatic heterocycles. The van der Waals surface area contributed by atoms with Gasteiger partial charge < -0.3 is 15.4 Å². The summed E-state index contributed by atoms with van der Waals surface area (Å²) >= 11 is 0. The molecular formula is C17H22N2O4. The number of ketones is 1. The molecule has 23 heavy (non-hydrogen) atoms. The van der Waals surface area contributed by atoms with Gasteiger partial charge in [0.05, 0.1) is 6.61 Å². The highest BCUT2D eigenvalue weighted by Crippen LogP contribution is 2.18. The highest BCUT2D eigenvalue weighted by atomic mass is 16.5. The Labute approximate surface area is 135 Å². The van der Waals surface area contributed by atoms with E-state index in [4.69, 9.17) is 10.5 Å². The van der Waals surface area contributed by atoms with Crippen LogP contribution >= 0.6 is 0 Å². The van der Waals surface area contributed by atoms with Crippen molar-refractivity contribution >= 4 is 17.6 Å². The lowest BCUT2D eigenvalue weighted by molar-refractivity contribution is -0.137. The van der Waals surface area contributed by atoms with Gasteiger partial charge in [-0.2, -0.15) is 0 Å². The predicted octanol–water partition coefficient (Wildman–Crippen LogP) is 1.52. The maximum atomic E-state index is 12.1. The molecule has 0 spiro atoms. The number of Topliss-reactive ketones (excluding diaryl/α,β-unsaturated/α-hetero) is 1. The molecule has 124 valence electrons. The second-order valence-corrected chi connectivity index (χ2v) is 5.68. The second kappa shape index (κ2) is 7.76. The quantitative estimate of drug-likeness (QED) is 0.610. The molecule has 1 aromatic rings. The molecule has 0 radical (unpaired) electrons. The van der Waals surface area contributed by atoms with E-state index in [2.05, 4.69) is 0 Å². The lowest BCUT2D eigenvalue weighted by Crippen LogP contribution is -2.43. The Kier molecular flexibility index (Phi) is 5.73. The van der Waals surface area contributed by atoms with E-state index in [1.165, 1.54) is 6.92 Å². The molecule has 2 N–H and O–H groups in total. The van der Waals surface area contributed by atoms with E-state index in [1.54, 1.807) is 29.2 Å². The van der Waals surface area contributed by atoms with Crippen molar-refractivity contribution in [1.82, 2.24) is 4.90 Å². The van der Waals surface area contributed by atoms with Crippen LogP contribution in [-0.2, 0) is 9.59 Å². The fourth-order valence-corrected chi connectivity index (χ4v) is 2.70. The zero-order valence-electron chi connectivity index (χ0n) is 13.3. The summed E-state index contributed by atoms with van der Waals surface area (Å²) in [6.45, 7) is 2.51. The Balaban J connectivity index is 1.73. The predicted molar refractivity (Wildman–Crippen MR) is 85.1 cm³/mol. The highest BCUT2D eigenvalue weighted by molar-refractivity contribution is 5.94. The van der Waals surface area contributed by atoms with Gasteiger partial charge in [-0.15, -0.1) is 0 Å². The Morgan fingerprint density at radius 2 is 1.96 bits per heavy atom. The molecular weight excluding hydrogens is 296 g/mol. The molecule has 6 nitrogen and oxygen atoms in total. The van der Waals surface area contributed by atoms with Gasteiger partial charge in [0.15, 0.2) is 5.78 Å². The minimum atomic E-state index is -0.456. The van der Waals surface area contributed by atoms with E-state index in [1.807, 2.05) is 0 Å². The van der Waals surface area contributed by atoms with Crippen LogP contribution < -0.4 is 10.5 Å². The number of primary amides is 1. The molecule has 0 saturated carbocycles. The molecule has 2 rings (SSSR count). The normalized spacial score (nSPS) is 17.1. The SMILES string of the molecule is CC(=O)c1ccc(OCCCC(=O)N2CCCC2C(N)=O)cc1. The average Bonchev–Trinajstić information content (AvgIpc) is 3.01. The number of nitrogens with zero attached hydrogens (tertiary/aromatic N) is 1. The van der Waals surface area contributed by atoms with Crippen LogP contribution in [0.15, 0.2) is 24.3 Å². The van der Waals surface area contributed by atoms with Gasteiger partial charge in [-0.05, 0) is 50.5 Å². The Bertz CT molecular complexity index is 583. The molecule has 2 amide bonds. The van der Waals surface area contributed by atoms with Gasteiger partial charge in [0, 0.05) is 18.5 Å². The maximum Gasteiger partial charge on any atom is 0.240 e. The highest BCUT2D eigenvalue weighted by Gasteiger charge is 2.31. The maximum absolute atomic E-state index is 12.1. The number of rotatable bonds is 7. The first-order valence-electron chi connectivity index (χ1n) is 7.81. The zero-order chi connectivity index (χ0) is 16.8. The summed E-state index contributed by atoms with van der Waals surface area (Å²) in [5, 5.41) is 0. The van der Waals surface area contributed by atoms with E-state index < -0.39 is 11.9 Å². The number of nitrogens with two attached hydrogens (primary N) is 1. The smallest absolute Gasteiger partial charge is 0.240 e. The third-order valence-electron chi connectivity index (χ3n) is 3.97. The van der Waals surface area contributed by atoms with Crippen LogP contribution in [0.4, 0.5) is 0 Å². The number of benzene rings is 1. The second-order valence-electron chi connectivity index (χ2n) is 5.68. The summed E-state index contributed by atoms with van der Waals surface area (Å²) in [6, 6.07) is 6.45. The standard InChI is InChI=1S/C17H22N2O4/c1-12(20)13-6-8-14(9-7-13)23-11-3-5-16(21)19-10-2-4-15(19)17(18)22/h6-9,15H,2-5,10-11H2,1H3,(H2,18,22). The van der Waals surface area contributed by atoms with E-state index in [0.717, 1.165) is 6.42 Å². The van der Waals surface area contributed by atoms with Crippen LogP contribution in [0.2, 0.25) is 0 Å². The van der Waals surface area contributed by atoms with Crippen molar-refractivity contribution in [3.63, 3.8) is 0 Å². The lowest BCUT2D eigenvalue weighted by atomic mass is 10.1. The first-order valence-corrected chi connectivity index (χ1v) is 7.81. The number of carbonyl (C=O) groups is 3. The molecule has 1 aliphatic heterocycles. The van der Waals surface area contributed by atoms with Gasteiger partial charge in [0.1, 0.15) is 11.8 Å².